The molecule has 21 heavy (non-hydrogen) atoms. The van der Waals surface area contributed by atoms with Crippen molar-refractivity contribution in [3.8, 4) is 5.88 Å². The van der Waals surface area contributed by atoms with E-state index in [1.165, 1.54) is 0 Å². The van der Waals surface area contributed by atoms with E-state index in [2.05, 4.69) is 20.3 Å². The van der Waals surface area contributed by atoms with Crippen LogP contribution in [0.5, 0.6) is 5.88 Å². The second-order valence-electron chi connectivity index (χ2n) is 4.96. The van der Waals surface area contributed by atoms with Crippen molar-refractivity contribution >= 4 is 17.4 Å². The first-order chi connectivity index (χ1) is 10.3. The Labute approximate surface area is 128 Å². The van der Waals surface area contributed by atoms with E-state index in [1.54, 1.807) is 12.3 Å². The predicted octanol–water partition coefficient (Wildman–Crippen LogP) is 3.41. The molecule has 0 aromatic carbocycles. The molecular formula is C15H17ClN4O. The molecule has 2 aromatic heterocycles. The molecule has 0 unspecified atom stereocenters. The van der Waals surface area contributed by atoms with Crippen LogP contribution in [-0.2, 0) is 6.54 Å². The summed E-state index contributed by atoms with van der Waals surface area (Å²) in [6.45, 7) is 3.12. The average Bonchev–Trinajstić information content (AvgIpc) is 3.31. The van der Waals surface area contributed by atoms with Crippen molar-refractivity contribution in [3.05, 3.63) is 40.9 Å². The van der Waals surface area contributed by atoms with Crippen LogP contribution in [0.3, 0.4) is 0 Å². The standard InChI is InChI=1S/C15H17ClN4O/c1-2-21-15-11(4-3-7-17-15)9-18-13-8-12(16)19-14(20-13)10-5-6-10/h3-4,7-8,10H,2,5-6,9H2,1H3,(H,18,19,20). The molecule has 0 bridgehead atoms. The fourth-order valence-electron chi connectivity index (χ4n) is 2.06. The number of nitrogens with one attached hydrogen (secondary N) is 1. The van der Waals surface area contributed by atoms with Crippen molar-refractivity contribution in [1.29, 1.82) is 0 Å². The van der Waals surface area contributed by atoms with Gasteiger partial charge in [0.15, 0.2) is 0 Å². The van der Waals surface area contributed by atoms with Gasteiger partial charge in [0.1, 0.15) is 16.8 Å². The maximum Gasteiger partial charge on any atom is 0.218 e. The molecule has 6 heteroatoms. The monoisotopic (exact) mass is 304 g/mol. The van der Waals surface area contributed by atoms with E-state index in [9.17, 15) is 0 Å². The molecule has 1 fully saturated rings. The Morgan fingerprint density at radius 3 is 3.00 bits per heavy atom. The summed E-state index contributed by atoms with van der Waals surface area (Å²) in [6.07, 6.45) is 4.02. The van der Waals surface area contributed by atoms with Gasteiger partial charge in [-0.05, 0) is 25.8 Å². The first kappa shape index (κ1) is 14.1. The van der Waals surface area contributed by atoms with Gasteiger partial charge in [-0.25, -0.2) is 15.0 Å². The van der Waals surface area contributed by atoms with E-state index in [-0.39, 0.29) is 0 Å². The molecule has 2 aromatic rings. The number of pyridine rings is 1. The summed E-state index contributed by atoms with van der Waals surface area (Å²) in [5.74, 6) is 2.70. The lowest BCUT2D eigenvalue weighted by Gasteiger charge is -2.11. The Morgan fingerprint density at radius 1 is 1.38 bits per heavy atom. The summed E-state index contributed by atoms with van der Waals surface area (Å²) < 4.78 is 5.51. The van der Waals surface area contributed by atoms with Crippen LogP contribution >= 0.6 is 11.6 Å². The third kappa shape index (κ3) is 3.61. The second-order valence-corrected chi connectivity index (χ2v) is 5.35. The van der Waals surface area contributed by atoms with E-state index in [0.29, 0.717) is 30.1 Å². The quantitative estimate of drug-likeness (QED) is 0.829. The summed E-state index contributed by atoms with van der Waals surface area (Å²) in [7, 11) is 0. The summed E-state index contributed by atoms with van der Waals surface area (Å²) in [5, 5.41) is 3.75. The smallest absolute Gasteiger partial charge is 0.218 e. The van der Waals surface area contributed by atoms with Gasteiger partial charge in [0.2, 0.25) is 5.88 Å². The predicted molar refractivity (Wildman–Crippen MR) is 81.7 cm³/mol. The number of ether oxygens (including phenoxy) is 1. The van der Waals surface area contributed by atoms with Crippen LogP contribution in [-0.4, -0.2) is 21.6 Å². The number of hydrogen-bond acceptors (Lipinski definition) is 5. The van der Waals surface area contributed by atoms with Gasteiger partial charge in [-0.3, -0.25) is 0 Å². The number of hydrogen-bond donors (Lipinski definition) is 1. The van der Waals surface area contributed by atoms with Gasteiger partial charge in [0.05, 0.1) is 6.61 Å². The number of anilines is 1. The van der Waals surface area contributed by atoms with Gasteiger partial charge in [-0.15, -0.1) is 0 Å². The molecule has 110 valence electrons. The van der Waals surface area contributed by atoms with Crippen LogP contribution < -0.4 is 10.1 Å². The Bertz CT molecular complexity index is 631. The minimum Gasteiger partial charge on any atom is -0.478 e. The molecule has 0 saturated heterocycles. The molecule has 0 atom stereocenters. The molecule has 0 spiro atoms. The molecule has 5 nitrogen and oxygen atoms in total. The summed E-state index contributed by atoms with van der Waals surface area (Å²) >= 11 is 6.06. The van der Waals surface area contributed by atoms with Crippen LogP contribution in [0, 0.1) is 0 Å². The highest BCUT2D eigenvalue weighted by Gasteiger charge is 2.27. The molecule has 1 N–H and O–H groups in total. The van der Waals surface area contributed by atoms with E-state index < -0.39 is 0 Å². The lowest BCUT2D eigenvalue weighted by Crippen LogP contribution is -2.07. The Hall–Kier alpha value is -1.88. The van der Waals surface area contributed by atoms with Gasteiger partial charge >= 0.3 is 0 Å². The number of rotatable bonds is 6. The zero-order chi connectivity index (χ0) is 14.7. The maximum absolute atomic E-state index is 6.06. The van der Waals surface area contributed by atoms with E-state index in [1.807, 2.05) is 19.1 Å². The second kappa shape index (κ2) is 6.26. The van der Waals surface area contributed by atoms with Crippen LogP contribution in [0.2, 0.25) is 5.15 Å². The molecular weight excluding hydrogens is 288 g/mol. The van der Waals surface area contributed by atoms with Gasteiger partial charge in [-0.1, -0.05) is 17.7 Å². The Balaban J connectivity index is 1.72. The molecule has 3 rings (SSSR count). The van der Waals surface area contributed by atoms with Crippen molar-refractivity contribution in [1.82, 2.24) is 15.0 Å². The third-order valence-electron chi connectivity index (χ3n) is 3.25. The zero-order valence-corrected chi connectivity index (χ0v) is 12.6. The number of nitrogens with zero attached hydrogens (tertiary/aromatic N) is 3. The molecule has 0 amide bonds. The minimum atomic E-state index is 0.474. The van der Waals surface area contributed by atoms with Crippen LogP contribution in [0.1, 0.15) is 37.1 Å². The molecule has 1 aliphatic rings. The first-order valence-corrected chi connectivity index (χ1v) is 7.49. The Morgan fingerprint density at radius 2 is 2.24 bits per heavy atom. The van der Waals surface area contributed by atoms with Crippen molar-refractivity contribution < 1.29 is 4.74 Å². The minimum absolute atomic E-state index is 0.474. The largest absolute Gasteiger partial charge is 0.478 e. The zero-order valence-electron chi connectivity index (χ0n) is 11.8. The average molecular weight is 305 g/mol. The van der Waals surface area contributed by atoms with Crippen molar-refractivity contribution in [3.63, 3.8) is 0 Å². The molecule has 1 saturated carbocycles. The van der Waals surface area contributed by atoms with Gasteiger partial charge < -0.3 is 10.1 Å². The van der Waals surface area contributed by atoms with Crippen molar-refractivity contribution in [2.75, 3.05) is 11.9 Å². The number of halogens is 1. The maximum atomic E-state index is 6.06. The fraction of sp³-hybridized carbons (Fsp3) is 0.400. The lowest BCUT2D eigenvalue weighted by molar-refractivity contribution is 0.323. The van der Waals surface area contributed by atoms with E-state index in [4.69, 9.17) is 16.3 Å². The lowest BCUT2D eigenvalue weighted by atomic mass is 10.2. The topological polar surface area (TPSA) is 59.9 Å². The van der Waals surface area contributed by atoms with E-state index in [0.717, 1.165) is 30.0 Å². The number of aromatic nitrogens is 3. The van der Waals surface area contributed by atoms with Crippen LogP contribution in [0.25, 0.3) is 0 Å². The molecule has 0 aliphatic heterocycles. The third-order valence-corrected chi connectivity index (χ3v) is 3.44. The van der Waals surface area contributed by atoms with Gasteiger partial charge in [0.25, 0.3) is 0 Å². The molecule has 2 heterocycles. The first-order valence-electron chi connectivity index (χ1n) is 7.11. The Kier molecular flexibility index (Phi) is 4.20. The van der Waals surface area contributed by atoms with Gasteiger partial charge in [0, 0.05) is 30.3 Å². The highest BCUT2D eigenvalue weighted by molar-refractivity contribution is 6.29. The molecule has 0 radical (unpaired) electrons. The highest BCUT2D eigenvalue weighted by atomic mass is 35.5. The van der Waals surface area contributed by atoms with Crippen molar-refractivity contribution in [2.45, 2.75) is 32.2 Å². The van der Waals surface area contributed by atoms with Crippen molar-refractivity contribution in [2.24, 2.45) is 0 Å². The normalized spacial score (nSPS) is 14.0. The summed E-state index contributed by atoms with van der Waals surface area (Å²) in [4.78, 5) is 13.0. The van der Waals surface area contributed by atoms with Gasteiger partial charge in [-0.2, -0.15) is 0 Å². The van der Waals surface area contributed by atoms with Crippen LogP contribution in [0.15, 0.2) is 24.4 Å². The summed E-state index contributed by atoms with van der Waals surface area (Å²) in [5.41, 5.74) is 0.988. The summed E-state index contributed by atoms with van der Waals surface area (Å²) in [6, 6.07) is 5.61. The van der Waals surface area contributed by atoms with E-state index >= 15 is 0 Å². The highest BCUT2D eigenvalue weighted by Crippen LogP contribution is 2.38. The fourth-order valence-corrected chi connectivity index (χ4v) is 2.25. The van der Waals surface area contributed by atoms with Crippen LogP contribution in [0.4, 0.5) is 5.82 Å². The SMILES string of the molecule is CCOc1ncccc1CNc1cc(Cl)nc(C2CC2)n1. The molecule has 1 aliphatic carbocycles.